The molecule has 6 atom stereocenters. The molecule has 0 bridgehead atoms. The summed E-state index contributed by atoms with van der Waals surface area (Å²) in [5.74, 6) is -0.676. The maximum atomic E-state index is 11.8. The second kappa shape index (κ2) is 6.60. The number of rotatable bonds is 4. The van der Waals surface area contributed by atoms with Gasteiger partial charge in [0.05, 0.1) is 12.6 Å². The predicted molar refractivity (Wildman–Crippen MR) is 64.7 cm³/mol. The van der Waals surface area contributed by atoms with E-state index >= 15 is 0 Å². The molecular weight excluding hydrogens is 256 g/mol. The minimum absolute atomic E-state index is 0.117. The first kappa shape index (κ1) is 16.3. The van der Waals surface area contributed by atoms with Gasteiger partial charge in [0.15, 0.2) is 6.29 Å². The fourth-order valence-electron chi connectivity index (χ4n) is 1.82. The van der Waals surface area contributed by atoms with Crippen molar-refractivity contribution in [2.75, 3.05) is 6.61 Å². The number of ether oxygens (including phenoxy) is 1. The second-order valence-electron chi connectivity index (χ2n) is 5.03. The molecule has 0 aromatic heterocycles. The molecule has 0 saturated carbocycles. The topological polar surface area (TPSA) is 145 Å². The van der Waals surface area contributed by atoms with Crippen molar-refractivity contribution < 1.29 is 30.0 Å². The van der Waals surface area contributed by atoms with Crippen LogP contribution in [0.4, 0.5) is 0 Å². The van der Waals surface area contributed by atoms with Crippen LogP contribution in [0.3, 0.4) is 0 Å². The molecule has 1 aliphatic heterocycles. The maximum Gasteiger partial charge on any atom is 0.237 e. The number of aliphatic hydroxyl groups is 4. The van der Waals surface area contributed by atoms with E-state index in [1.165, 1.54) is 0 Å². The summed E-state index contributed by atoms with van der Waals surface area (Å²) < 4.78 is 4.91. The number of nitrogens with one attached hydrogen (secondary N) is 1. The molecule has 1 rings (SSSR count). The van der Waals surface area contributed by atoms with Crippen LogP contribution < -0.4 is 11.1 Å². The maximum absolute atomic E-state index is 11.8. The van der Waals surface area contributed by atoms with Gasteiger partial charge in [0, 0.05) is 0 Å². The van der Waals surface area contributed by atoms with Gasteiger partial charge in [-0.15, -0.1) is 0 Å². The number of carbonyl (C=O) groups is 1. The fourth-order valence-corrected chi connectivity index (χ4v) is 1.82. The lowest BCUT2D eigenvalue weighted by Crippen LogP contribution is -2.65. The molecule has 0 spiro atoms. The van der Waals surface area contributed by atoms with Crippen LogP contribution >= 0.6 is 0 Å². The lowest BCUT2D eigenvalue weighted by atomic mass is 9.96. The highest BCUT2D eigenvalue weighted by molar-refractivity contribution is 5.82. The van der Waals surface area contributed by atoms with Gasteiger partial charge in [-0.1, -0.05) is 13.8 Å². The lowest BCUT2D eigenvalue weighted by molar-refractivity contribution is -0.254. The molecule has 8 nitrogen and oxygen atoms in total. The number of amides is 1. The molecule has 0 aliphatic carbocycles. The molecule has 6 unspecified atom stereocenters. The highest BCUT2D eigenvalue weighted by atomic mass is 16.6. The minimum atomic E-state index is -1.53. The minimum Gasteiger partial charge on any atom is -0.394 e. The molecule has 1 fully saturated rings. The van der Waals surface area contributed by atoms with Gasteiger partial charge in [0.2, 0.25) is 5.91 Å². The van der Waals surface area contributed by atoms with E-state index in [1.54, 1.807) is 13.8 Å². The molecule has 19 heavy (non-hydrogen) atoms. The smallest absolute Gasteiger partial charge is 0.237 e. The Bertz CT molecular complexity index is 314. The van der Waals surface area contributed by atoms with E-state index < -0.39 is 49.2 Å². The molecule has 1 aliphatic rings. The Balaban J connectivity index is 2.70. The van der Waals surface area contributed by atoms with E-state index in [0.29, 0.717) is 0 Å². The molecule has 0 aromatic carbocycles. The van der Waals surface area contributed by atoms with Crippen LogP contribution in [0.25, 0.3) is 0 Å². The average Bonchev–Trinajstić information content (AvgIpc) is 2.37. The Morgan fingerprint density at radius 2 is 1.89 bits per heavy atom. The zero-order chi connectivity index (χ0) is 14.7. The highest BCUT2D eigenvalue weighted by Gasteiger charge is 2.44. The molecule has 0 radical (unpaired) electrons. The van der Waals surface area contributed by atoms with Crippen LogP contribution in [0, 0.1) is 5.92 Å². The van der Waals surface area contributed by atoms with Crippen molar-refractivity contribution in [3.05, 3.63) is 0 Å². The normalized spacial score (nSPS) is 37.2. The third-order valence-electron chi connectivity index (χ3n) is 3.23. The van der Waals surface area contributed by atoms with Crippen molar-refractivity contribution in [2.45, 2.75) is 50.5 Å². The van der Waals surface area contributed by atoms with E-state index in [1.807, 2.05) is 0 Å². The summed E-state index contributed by atoms with van der Waals surface area (Å²) in [6, 6.07) is -2.00. The molecule has 7 N–H and O–H groups in total. The fraction of sp³-hybridized carbons (Fsp3) is 0.909. The summed E-state index contributed by atoms with van der Waals surface area (Å²) in [6.07, 6.45) is -5.49. The second-order valence-corrected chi connectivity index (χ2v) is 5.03. The Morgan fingerprint density at radius 1 is 1.32 bits per heavy atom. The van der Waals surface area contributed by atoms with Gasteiger partial charge < -0.3 is 36.2 Å². The zero-order valence-electron chi connectivity index (χ0n) is 10.9. The molecular formula is C11H22N2O6. The first-order valence-corrected chi connectivity index (χ1v) is 6.16. The van der Waals surface area contributed by atoms with Crippen LogP contribution in [0.2, 0.25) is 0 Å². The van der Waals surface area contributed by atoms with Gasteiger partial charge in [-0.25, -0.2) is 0 Å². The predicted octanol–water partition coefficient (Wildman–Crippen LogP) is -3.11. The van der Waals surface area contributed by atoms with Gasteiger partial charge in [0.25, 0.3) is 0 Å². The molecule has 1 amide bonds. The van der Waals surface area contributed by atoms with Crippen LogP contribution in [0.15, 0.2) is 0 Å². The third kappa shape index (κ3) is 3.62. The molecule has 112 valence electrons. The number of hydrogen-bond acceptors (Lipinski definition) is 7. The third-order valence-corrected chi connectivity index (χ3v) is 3.23. The van der Waals surface area contributed by atoms with Gasteiger partial charge in [-0.3, -0.25) is 4.79 Å². The van der Waals surface area contributed by atoms with Crippen LogP contribution in [0.1, 0.15) is 13.8 Å². The number of aliphatic hydroxyl groups excluding tert-OH is 4. The summed E-state index contributed by atoms with van der Waals surface area (Å²) in [7, 11) is 0. The standard InChI is InChI=1S/C11H22N2O6/c1-4(2)6(12)10(17)13-7-9(16)8(15)5(3-14)19-11(7)18/h4-9,11,14-16,18H,3,12H2,1-2H3,(H,13,17). The van der Waals surface area contributed by atoms with Gasteiger partial charge >= 0.3 is 0 Å². The number of nitrogens with two attached hydrogens (primary N) is 1. The van der Waals surface area contributed by atoms with Crippen LogP contribution in [0.5, 0.6) is 0 Å². The lowest BCUT2D eigenvalue weighted by Gasteiger charge is -2.40. The summed E-state index contributed by atoms with van der Waals surface area (Å²) in [5, 5.41) is 40.4. The summed E-state index contributed by atoms with van der Waals surface area (Å²) in [6.45, 7) is 2.96. The van der Waals surface area contributed by atoms with E-state index in [2.05, 4.69) is 5.32 Å². The van der Waals surface area contributed by atoms with Gasteiger partial charge in [-0.05, 0) is 5.92 Å². The molecule has 0 aromatic rings. The largest absolute Gasteiger partial charge is 0.394 e. The Kier molecular flexibility index (Phi) is 5.65. The Hall–Kier alpha value is -0.770. The number of carbonyl (C=O) groups excluding carboxylic acids is 1. The van der Waals surface area contributed by atoms with Crippen LogP contribution in [-0.4, -0.2) is 69.6 Å². The first-order chi connectivity index (χ1) is 8.79. The summed E-state index contributed by atoms with van der Waals surface area (Å²) >= 11 is 0. The van der Waals surface area contributed by atoms with Gasteiger partial charge in [0.1, 0.15) is 24.4 Å². The summed E-state index contributed by atoms with van der Waals surface area (Å²) in [4.78, 5) is 11.8. The van der Waals surface area contributed by atoms with Crippen molar-refractivity contribution in [3.8, 4) is 0 Å². The Labute approximate surface area is 111 Å². The average molecular weight is 278 g/mol. The van der Waals surface area contributed by atoms with Crippen molar-refractivity contribution in [3.63, 3.8) is 0 Å². The van der Waals surface area contributed by atoms with Gasteiger partial charge in [-0.2, -0.15) is 0 Å². The monoisotopic (exact) mass is 278 g/mol. The first-order valence-electron chi connectivity index (χ1n) is 6.16. The van der Waals surface area contributed by atoms with E-state index in [-0.39, 0.29) is 5.92 Å². The molecule has 1 heterocycles. The summed E-state index contributed by atoms with van der Waals surface area (Å²) in [5.41, 5.74) is 5.64. The van der Waals surface area contributed by atoms with E-state index in [9.17, 15) is 20.1 Å². The van der Waals surface area contributed by atoms with Crippen LogP contribution in [-0.2, 0) is 9.53 Å². The Morgan fingerprint density at radius 3 is 2.37 bits per heavy atom. The van der Waals surface area contributed by atoms with E-state index in [4.69, 9.17) is 15.6 Å². The quantitative estimate of drug-likeness (QED) is 0.319. The van der Waals surface area contributed by atoms with E-state index in [0.717, 1.165) is 0 Å². The zero-order valence-corrected chi connectivity index (χ0v) is 10.9. The van der Waals surface area contributed by atoms with Crippen molar-refractivity contribution >= 4 is 5.91 Å². The van der Waals surface area contributed by atoms with Crippen molar-refractivity contribution in [1.29, 1.82) is 0 Å². The highest BCUT2D eigenvalue weighted by Crippen LogP contribution is 2.19. The van der Waals surface area contributed by atoms with Crippen molar-refractivity contribution in [1.82, 2.24) is 5.32 Å². The molecule has 8 heteroatoms. The van der Waals surface area contributed by atoms with Crippen molar-refractivity contribution in [2.24, 2.45) is 11.7 Å². The number of hydrogen-bond donors (Lipinski definition) is 6. The molecule has 1 saturated heterocycles. The SMILES string of the molecule is CC(C)C(N)C(=O)NC1C(O)OC(CO)C(O)C1O.